The average molecular weight is 287 g/mol. The molecule has 0 aliphatic carbocycles. The van der Waals surface area contributed by atoms with E-state index in [2.05, 4.69) is 6.92 Å². The lowest BCUT2D eigenvalue weighted by Gasteiger charge is -2.17. The Morgan fingerprint density at radius 1 is 0.850 bits per heavy atom. The molecule has 3 heteroatoms. The fourth-order valence-corrected chi connectivity index (χ4v) is 2.34. The number of unbranched alkanes of at least 4 members (excludes halogenated alkanes) is 10. The predicted octanol–water partition coefficient (Wildman–Crippen LogP) is 4.02. The highest BCUT2D eigenvalue weighted by atomic mass is 16.5. The minimum atomic E-state index is -0.525. The molecule has 0 aliphatic rings. The van der Waals surface area contributed by atoms with E-state index in [1.807, 2.05) is 6.92 Å². The number of aliphatic hydroxyl groups is 1. The number of hydrogen-bond donors (Lipinski definition) is 2. The van der Waals surface area contributed by atoms with Crippen LogP contribution in [0.1, 0.15) is 84.5 Å². The molecular weight excluding hydrogens is 250 g/mol. The monoisotopic (exact) mass is 287 g/mol. The van der Waals surface area contributed by atoms with Crippen molar-refractivity contribution in [2.45, 2.75) is 96.7 Å². The van der Waals surface area contributed by atoms with Gasteiger partial charge in [-0.05, 0) is 13.3 Å². The molecule has 0 amide bonds. The molecule has 0 spiro atoms. The lowest BCUT2D eigenvalue weighted by molar-refractivity contribution is -0.0234. The first kappa shape index (κ1) is 19.9. The van der Waals surface area contributed by atoms with Crippen LogP contribution in [0.3, 0.4) is 0 Å². The van der Waals surface area contributed by atoms with Gasteiger partial charge in [0.2, 0.25) is 0 Å². The van der Waals surface area contributed by atoms with E-state index in [4.69, 9.17) is 10.5 Å². The third-order valence-electron chi connectivity index (χ3n) is 3.91. The molecule has 0 aliphatic heterocycles. The second kappa shape index (κ2) is 15.3. The van der Waals surface area contributed by atoms with E-state index >= 15 is 0 Å². The van der Waals surface area contributed by atoms with Crippen LogP contribution in [0, 0.1) is 0 Å². The van der Waals surface area contributed by atoms with Gasteiger partial charge in [-0.1, -0.05) is 71.1 Å². The van der Waals surface area contributed by atoms with Crippen molar-refractivity contribution in [2.24, 2.45) is 5.73 Å². The summed E-state index contributed by atoms with van der Waals surface area (Å²) < 4.78 is 5.55. The van der Waals surface area contributed by atoms with Gasteiger partial charge in [-0.2, -0.15) is 0 Å². The van der Waals surface area contributed by atoms with E-state index in [-0.39, 0.29) is 12.6 Å². The highest BCUT2D eigenvalue weighted by Crippen LogP contribution is 2.11. The fraction of sp³-hybridized carbons (Fsp3) is 1.00. The van der Waals surface area contributed by atoms with E-state index in [1.54, 1.807) is 0 Å². The number of nitrogens with two attached hydrogens (primary N) is 1. The van der Waals surface area contributed by atoms with Crippen LogP contribution in [0.15, 0.2) is 0 Å². The highest BCUT2D eigenvalue weighted by Gasteiger charge is 2.11. The Hall–Kier alpha value is -0.120. The van der Waals surface area contributed by atoms with Crippen molar-refractivity contribution in [1.82, 2.24) is 0 Å². The average Bonchev–Trinajstić information content (AvgIpc) is 2.47. The predicted molar refractivity (Wildman–Crippen MR) is 86.9 cm³/mol. The molecule has 0 rings (SSSR count). The SMILES string of the molecule is CCCCCCCCCCCCCOC(C)C(O)CN. The van der Waals surface area contributed by atoms with Crippen LogP contribution in [0.4, 0.5) is 0 Å². The molecule has 2 unspecified atom stereocenters. The van der Waals surface area contributed by atoms with Crippen LogP contribution in [-0.2, 0) is 4.74 Å². The quantitative estimate of drug-likeness (QED) is 0.447. The first-order valence-electron chi connectivity index (χ1n) is 8.72. The normalized spacial score (nSPS) is 14.4. The summed E-state index contributed by atoms with van der Waals surface area (Å²) in [6.07, 6.45) is 14.1. The lowest BCUT2D eigenvalue weighted by atomic mass is 10.1. The summed E-state index contributed by atoms with van der Waals surface area (Å²) >= 11 is 0. The standard InChI is InChI=1S/C17H37NO2/c1-3-4-5-6-7-8-9-10-11-12-13-14-20-16(2)17(19)15-18/h16-17,19H,3-15,18H2,1-2H3. The van der Waals surface area contributed by atoms with Crippen molar-refractivity contribution in [2.75, 3.05) is 13.2 Å². The summed E-state index contributed by atoms with van der Waals surface area (Å²) in [5, 5.41) is 9.45. The van der Waals surface area contributed by atoms with Gasteiger partial charge in [-0.25, -0.2) is 0 Å². The van der Waals surface area contributed by atoms with Gasteiger partial charge in [0.25, 0.3) is 0 Å². The van der Waals surface area contributed by atoms with Gasteiger partial charge >= 0.3 is 0 Å². The molecule has 0 bridgehead atoms. The van der Waals surface area contributed by atoms with Crippen LogP contribution < -0.4 is 5.73 Å². The molecule has 3 N–H and O–H groups in total. The highest BCUT2D eigenvalue weighted by molar-refractivity contribution is 4.63. The Balaban J connectivity index is 3.10. The van der Waals surface area contributed by atoms with Gasteiger partial charge < -0.3 is 15.6 Å². The summed E-state index contributed by atoms with van der Waals surface area (Å²) in [6.45, 7) is 5.17. The zero-order valence-electron chi connectivity index (χ0n) is 13.8. The smallest absolute Gasteiger partial charge is 0.0920 e. The molecule has 0 heterocycles. The third-order valence-corrected chi connectivity index (χ3v) is 3.91. The first-order valence-corrected chi connectivity index (χ1v) is 8.72. The molecule has 20 heavy (non-hydrogen) atoms. The summed E-state index contributed by atoms with van der Waals surface area (Å²) in [7, 11) is 0. The van der Waals surface area contributed by atoms with E-state index in [1.165, 1.54) is 64.2 Å². The van der Waals surface area contributed by atoms with Gasteiger partial charge in [-0.3, -0.25) is 0 Å². The summed E-state index contributed by atoms with van der Waals surface area (Å²) in [5.41, 5.74) is 5.38. The zero-order chi connectivity index (χ0) is 15.1. The van der Waals surface area contributed by atoms with Crippen molar-refractivity contribution in [3.8, 4) is 0 Å². The Bertz CT molecular complexity index is 188. The Kier molecular flexibility index (Phi) is 15.2. The molecule has 0 aromatic rings. The zero-order valence-corrected chi connectivity index (χ0v) is 13.8. The number of rotatable bonds is 15. The third kappa shape index (κ3) is 12.9. The van der Waals surface area contributed by atoms with Gasteiger partial charge in [-0.15, -0.1) is 0 Å². The number of aliphatic hydroxyl groups excluding tert-OH is 1. The topological polar surface area (TPSA) is 55.5 Å². The molecule has 0 radical (unpaired) electrons. The molecular formula is C17H37NO2. The van der Waals surface area contributed by atoms with Crippen molar-refractivity contribution in [1.29, 1.82) is 0 Å². The molecule has 3 nitrogen and oxygen atoms in total. The minimum Gasteiger partial charge on any atom is -0.389 e. The summed E-state index contributed by atoms with van der Waals surface area (Å²) in [5.74, 6) is 0. The summed E-state index contributed by atoms with van der Waals surface area (Å²) in [6, 6.07) is 0. The van der Waals surface area contributed by atoms with Crippen LogP contribution in [0.25, 0.3) is 0 Å². The van der Waals surface area contributed by atoms with Gasteiger partial charge in [0.1, 0.15) is 0 Å². The molecule has 0 aromatic carbocycles. The maximum absolute atomic E-state index is 9.45. The van der Waals surface area contributed by atoms with E-state index in [9.17, 15) is 5.11 Å². The van der Waals surface area contributed by atoms with Crippen molar-refractivity contribution >= 4 is 0 Å². The molecule has 2 atom stereocenters. The Morgan fingerprint density at radius 3 is 1.75 bits per heavy atom. The van der Waals surface area contributed by atoms with Crippen LogP contribution >= 0.6 is 0 Å². The molecule has 0 fully saturated rings. The molecule has 0 aromatic heterocycles. The number of hydrogen-bond acceptors (Lipinski definition) is 3. The van der Waals surface area contributed by atoms with Gasteiger partial charge in [0.05, 0.1) is 12.2 Å². The van der Waals surface area contributed by atoms with E-state index in [0.29, 0.717) is 0 Å². The Labute approximate surface area is 126 Å². The maximum atomic E-state index is 9.45. The van der Waals surface area contributed by atoms with Crippen LogP contribution in [0.5, 0.6) is 0 Å². The fourth-order valence-electron chi connectivity index (χ4n) is 2.34. The van der Waals surface area contributed by atoms with E-state index in [0.717, 1.165) is 13.0 Å². The first-order chi connectivity index (χ1) is 9.72. The van der Waals surface area contributed by atoms with E-state index < -0.39 is 6.10 Å². The van der Waals surface area contributed by atoms with Crippen LogP contribution in [0.2, 0.25) is 0 Å². The molecule has 0 saturated carbocycles. The van der Waals surface area contributed by atoms with Crippen molar-refractivity contribution in [3.63, 3.8) is 0 Å². The Morgan fingerprint density at radius 2 is 1.30 bits per heavy atom. The molecule has 122 valence electrons. The van der Waals surface area contributed by atoms with Crippen molar-refractivity contribution < 1.29 is 9.84 Å². The summed E-state index contributed by atoms with van der Waals surface area (Å²) in [4.78, 5) is 0. The van der Waals surface area contributed by atoms with Gasteiger partial charge in [0.15, 0.2) is 0 Å². The lowest BCUT2D eigenvalue weighted by Crippen LogP contribution is -2.33. The van der Waals surface area contributed by atoms with Crippen LogP contribution in [-0.4, -0.2) is 30.5 Å². The molecule has 0 saturated heterocycles. The van der Waals surface area contributed by atoms with Gasteiger partial charge in [0, 0.05) is 13.2 Å². The maximum Gasteiger partial charge on any atom is 0.0920 e. The second-order valence-electron chi connectivity index (χ2n) is 5.91. The minimum absolute atomic E-state index is 0.136. The second-order valence-corrected chi connectivity index (χ2v) is 5.91. The largest absolute Gasteiger partial charge is 0.389 e. The number of ether oxygens (including phenoxy) is 1. The van der Waals surface area contributed by atoms with Crippen molar-refractivity contribution in [3.05, 3.63) is 0 Å².